The van der Waals surface area contributed by atoms with Crippen molar-refractivity contribution in [3.05, 3.63) is 10.0 Å². The molecule has 0 aliphatic heterocycles. The standard InChI is InChI=1S/C10H17ClN2S/c1-7(10(2,3)4)5-8-12-13-9(6-11)14-8/h7H,5-6H2,1-4H3. The van der Waals surface area contributed by atoms with E-state index in [4.69, 9.17) is 11.6 Å². The number of hydrogen-bond acceptors (Lipinski definition) is 3. The number of halogens is 1. The predicted molar refractivity (Wildman–Crippen MR) is 61.8 cm³/mol. The summed E-state index contributed by atoms with van der Waals surface area (Å²) in [4.78, 5) is 0. The highest BCUT2D eigenvalue weighted by Crippen LogP contribution is 2.29. The average Bonchev–Trinajstić information content (AvgIpc) is 2.50. The fourth-order valence-electron chi connectivity index (χ4n) is 0.993. The van der Waals surface area contributed by atoms with Gasteiger partial charge in [0.15, 0.2) is 0 Å². The average molecular weight is 233 g/mol. The van der Waals surface area contributed by atoms with E-state index in [0.717, 1.165) is 16.4 Å². The summed E-state index contributed by atoms with van der Waals surface area (Å²) in [5, 5.41) is 10.2. The maximum absolute atomic E-state index is 5.67. The van der Waals surface area contributed by atoms with Crippen molar-refractivity contribution in [1.29, 1.82) is 0 Å². The first-order valence-corrected chi connectivity index (χ1v) is 6.16. The summed E-state index contributed by atoms with van der Waals surface area (Å²) >= 11 is 7.30. The van der Waals surface area contributed by atoms with Gasteiger partial charge in [0.2, 0.25) is 0 Å². The zero-order valence-electron chi connectivity index (χ0n) is 9.17. The molecule has 0 aliphatic carbocycles. The van der Waals surface area contributed by atoms with E-state index in [2.05, 4.69) is 37.9 Å². The van der Waals surface area contributed by atoms with E-state index in [1.807, 2.05) is 0 Å². The molecule has 1 heterocycles. The van der Waals surface area contributed by atoms with Crippen LogP contribution in [0.5, 0.6) is 0 Å². The second-order valence-corrected chi connectivity index (χ2v) is 6.11. The molecule has 4 heteroatoms. The molecule has 1 atom stereocenters. The van der Waals surface area contributed by atoms with E-state index in [9.17, 15) is 0 Å². The third-order valence-electron chi connectivity index (χ3n) is 2.58. The van der Waals surface area contributed by atoms with Crippen LogP contribution in [0.2, 0.25) is 0 Å². The Morgan fingerprint density at radius 2 is 1.86 bits per heavy atom. The lowest BCUT2D eigenvalue weighted by atomic mass is 9.80. The second-order valence-electron chi connectivity index (χ2n) is 4.69. The Bertz CT molecular complexity index is 291. The summed E-state index contributed by atoms with van der Waals surface area (Å²) in [5.41, 5.74) is 0.326. The summed E-state index contributed by atoms with van der Waals surface area (Å²) in [6.07, 6.45) is 0.998. The zero-order chi connectivity index (χ0) is 10.8. The van der Waals surface area contributed by atoms with E-state index in [0.29, 0.717) is 17.2 Å². The van der Waals surface area contributed by atoms with Gasteiger partial charge in [-0.15, -0.1) is 33.1 Å². The van der Waals surface area contributed by atoms with Crippen LogP contribution < -0.4 is 0 Å². The Morgan fingerprint density at radius 3 is 2.29 bits per heavy atom. The fraction of sp³-hybridized carbons (Fsp3) is 0.800. The first kappa shape index (κ1) is 11.9. The van der Waals surface area contributed by atoms with Gasteiger partial charge in [0.1, 0.15) is 10.0 Å². The SMILES string of the molecule is CC(Cc1nnc(CCl)s1)C(C)(C)C. The molecule has 0 aromatic carbocycles. The fourth-order valence-corrected chi connectivity index (χ4v) is 2.03. The lowest BCUT2D eigenvalue weighted by Gasteiger charge is -2.26. The first-order chi connectivity index (χ1) is 6.43. The Hall–Kier alpha value is -0.150. The highest BCUT2D eigenvalue weighted by molar-refractivity contribution is 7.11. The van der Waals surface area contributed by atoms with Gasteiger partial charge in [0.25, 0.3) is 0 Å². The molecule has 2 nitrogen and oxygen atoms in total. The largest absolute Gasteiger partial charge is 0.144 e. The van der Waals surface area contributed by atoms with Crippen LogP contribution in [0, 0.1) is 11.3 Å². The molecule has 0 N–H and O–H groups in total. The molecule has 0 aliphatic rings. The molecule has 0 fully saturated rings. The molecule has 0 amide bonds. The maximum atomic E-state index is 5.67. The Morgan fingerprint density at radius 1 is 1.29 bits per heavy atom. The molecule has 1 aromatic heterocycles. The van der Waals surface area contributed by atoms with Crippen LogP contribution in [-0.2, 0) is 12.3 Å². The predicted octanol–water partition coefficient (Wildman–Crippen LogP) is 3.50. The van der Waals surface area contributed by atoms with Crippen molar-refractivity contribution in [1.82, 2.24) is 10.2 Å². The molecule has 14 heavy (non-hydrogen) atoms. The molecule has 0 saturated carbocycles. The Labute approximate surface area is 94.7 Å². The number of nitrogens with zero attached hydrogens (tertiary/aromatic N) is 2. The third kappa shape index (κ3) is 3.21. The number of aromatic nitrogens is 2. The van der Waals surface area contributed by atoms with Crippen molar-refractivity contribution in [3.8, 4) is 0 Å². The van der Waals surface area contributed by atoms with Crippen LogP contribution in [0.15, 0.2) is 0 Å². The van der Waals surface area contributed by atoms with Crippen molar-refractivity contribution in [2.24, 2.45) is 11.3 Å². The summed E-state index contributed by atoms with van der Waals surface area (Å²) < 4.78 is 0. The molecule has 0 bridgehead atoms. The van der Waals surface area contributed by atoms with E-state index >= 15 is 0 Å². The summed E-state index contributed by atoms with van der Waals surface area (Å²) in [6.45, 7) is 9.01. The van der Waals surface area contributed by atoms with Gasteiger partial charge in [-0.2, -0.15) is 0 Å². The van der Waals surface area contributed by atoms with Crippen LogP contribution >= 0.6 is 22.9 Å². The molecule has 1 rings (SSSR count). The second kappa shape index (κ2) is 4.58. The van der Waals surface area contributed by atoms with Crippen LogP contribution in [0.3, 0.4) is 0 Å². The van der Waals surface area contributed by atoms with Crippen molar-refractivity contribution >= 4 is 22.9 Å². The quantitative estimate of drug-likeness (QED) is 0.746. The lowest BCUT2D eigenvalue weighted by molar-refractivity contribution is 0.259. The smallest absolute Gasteiger partial charge is 0.132 e. The molecular weight excluding hydrogens is 216 g/mol. The minimum atomic E-state index is 0.326. The van der Waals surface area contributed by atoms with Crippen LogP contribution in [0.4, 0.5) is 0 Å². The Balaban J connectivity index is 2.60. The van der Waals surface area contributed by atoms with Crippen LogP contribution in [0.1, 0.15) is 37.7 Å². The van der Waals surface area contributed by atoms with Crippen molar-refractivity contribution in [2.45, 2.75) is 40.0 Å². The van der Waals surface area contributed by atoms with Gasteiger partial charge in [0.05, 0.1) is 5.88 Å². The third-order valence-corrected chi connectivity index (χ3v) is 3.94. The van der Waals surface area contributed by atoms with Crippen molar-refractivity contribution in [3.63, 3.8) is 0 Å². The summed E-state index contributed by atoms with van der Waals surface area (Å²) in [5.74, 6) is 1.08. The summed E-state index contributed by atoms with van der Waals surface area (Å²) in [6, 6.07) is 0. The van der Waals surface area contributed by atoms with Gasteiger partial charge in [-0.3, -0.25) is 0 Å². The molecule has 1 unspecified atom stereocenters. The van der Waals surface area contributed by atoms with E-state index in [1.54, 1.807) is 11.3 Å². The molecule has 0 radical (unpaired) electrons. The maximum Gasteiger partial charge on any atom is 0.132 e. The number of hydrogen-bond donors (Lipinski definition) is 0. The van der Waals surface area contributed by atoms with Gasteiger partial charge in [0, 0.05) is 6.42 Å². The topological polar surface area (TPSA) is 25.8 Å². The minimum Gasteiger partial charge on any atom is -0.144 e. The number of alkyl halides is 1. The molecule has 0 saturated heterocycles. The number of rotatable bonds is 3. The van der Waals surface area contributed by atoms with Crippen molar-refractivity contribution < 1.29 is 0 Å². The molecule has 80 valence electrons. The monoisotopic (exact) mass is 232 g/mol. The Kier molecular flexibility index (Phi) is 3.90. The highest BCUT2D eigenvalue weighted by Gasteiger charge is 2.21. The highest BCUT2D eigenvalue weighted by atomic mass is 35.5. The van der Waals surface area contributed by atoms with Crippen molar-refractivity contribution in [2.75, 3.05) is 0 Å². The van der Waals surface area contributed by atoms with Crippen LogP contribution in [-0.4, -0.2) is 10.2 Å². The molecular formula is C10H17ClN2S. The van der Waals surface area contributed by atoms with E-state index < -0.39 is 0 Å². The zero-order valence-corrected chi connectivity index (χ0v) is 10.7. The normalized spacial score (nSPS) is 14.4. The van der Waals surface area contributed by atoms with Gasteiger partial charge in [-0.25, -0.2) is 0 Å². The first-order valence-electron chi connectivity index (χ1n) is 4.80. The van der Waals surface area contributed by atoms with Gasteiger partial charge < -0.3 is 0 Å². The molecule has 0 spiro atoms. The van der Waals surface area contributed by atoms with Gasteiger partial charge in [-0.1, -0.05) is 27.7 Å². The van der Waals surface area contributed by atoms with Crippen LogP contribution in [0.25, 0.3) is 0 Å². The van der Waals surface area contributed by atoms with E-state index in [-0.39, 0.29) is 0 Å². The lowest BCUT2D eigenvalue weighted by Crippen LogP contribution is -2.19. The summed E-state index contributed by atoms with van der Waals surface area (Å²) in [7, 11) is 0. The van der Waals surface area contributed by atoms with Gasteiger partial charge in [-0.05, 0) is 11.3 Å². The van der Waals surface area contributed by atoms with E-state index in [1.165, 1.54) is 0 Å². The molecule has 1 aromatic rings. The minimum absolute atomic E-state index is 0.326. The van der Waals surface area contributed by atoms with Gasteiger partial charge >= 0.3 is 0 Å².